The van der Waals surface area contributed by atoms with Gasteiger partial charge in [0.1, 0.15) is 0 Å². The third kappa shape index (κ3) is 9.60. The van der Waals surface area contributed by atoms with Crippen LogP contribution in [0.15, 0.2) is 67.5 Å². The summed E-state index contributed by atoms with van der Waals surface area (Å²) >= 11 is 0. The standard InChI is InChI=1S/C27H45N5/c1-5-15-31-17-19-32(20-18-31)16-14-29-25(4)27(12-9-13-28)22-30-24(3)23(2)21-26-10-7-6-8-11-26/h5-8,10-11,23,27,29-30H,1,3-4,9,12-22,28H2,2H3. The molecular formula is C27H45N5. The number of rotatable bonds is 16. The Hall–Kier alpha value is -2.08. The molecule has 0 saturated carbocycles. The zero-order valence-electron chi connectivity index (χ0n) is 20.2. The van der Waals surface area contributed by atoms with Crippen LogP contribution in [0, 0.1) is 11.8 Å². The molecule has 1 aromatic rings. The van der Waals surface area contributed by atoms with E-state index in [-0.39, 0.29) is 0 Å². The van der Waals surface area contributed by atoms with Gasteiger partial charge in [-0.15, -0.1) is 6.58 Å². The van der Waals surface area contributed by atoms with Crippen LogP contribution in [0.4, 0.5) is 0 Å². The summed E-state index contributed by atoms with van der Waals surface area (Å²) in [7, 11) is 0. The second-order valence-corrected chi connectivity index (χ2v) is 9.01. The van der Waals surface area contributed by atoms with Crippen LogP contribution in [0.5, 0.6) is 0 Å². The summed E-state index contributed by atoms with van der Waals surface area (Å²) in [5, 5.41) is 7.18. The van der Waals surface area contributed by atoms with Crippen LogP contribution in [-0.2, 0) is 6.42 Å². The Morgan fingerprint density at radius 3 is 2.41 bits per heavy atom. The molecule has 0 aromatic heterocycles. The minimum atomic E-state index is 0.351. The van der Waals surface area contributed by atoms with Gasteiger partial charge in [-0.2, -0.15) is 0 Å². The number of nitrogens with one attached hydrogen (secondary N) is 2. The van der Waals surface area contributed by atoms with Crippen molar-refractivity contribution in [3.05, 3.63) is 73.1 Å². The van der Waals surface area contributed by atoms with Gasteiger partial charge >= 0.3 is 0 Å². The predicted octanol–water partition coefficient (Wildman–Crippen LogP) is 3.23. The number of hydrogen-bond acceptors (Lipinski definition) is 5. The van der Waals surface area contributed by atoms with Crippen molar-refractivity contribution in [2.24, 2.45) is 17.6 Å². The normalized spacial score (nSPS) is 16.8. The highest BCUT2D eigenvalue weighted by Crippen LogP contribution is 2.17. The largest absolute Gasteiger partial charge is 0.388 e. The van der Waals surface area contributed by atoms with E-state index in [1.807, 2.05) is 6.08 Å². The monoisotopic (exact) mass is 439 g/mol. The molecule has 1 aliphatic rings. The molecule has 1 fully saturated rings. The maximum atomic E-state index is 5.79. The topological polar surface area (TPSA) is 56.6 Å². The molecule has 0 amide bonds. The molecular weight excluding hydrogens is 394 g/mol. The van der Waals surface area contributed by atoms with Gasteiger partial charge in [0.2, 0.25) is 0 Å². The van der Waals surface area contributed by atoms with Crippen molar-refractivity contribution in [3.8, 4) is 0 Å². The molecule has 2 atom stereocenters. The second-order valence-electron chi connectivity index (χ2n) is 9.01. The lowest BCUT2D eigenvalue weighted by Crippen LogP contribution is -2.48. The first-order valence-corrected chi connectivity index (χ1v) is 12.2. The average molecular weight is 440 g/mol. The third-order valence-corrected chi connectivity index (χ3v) is 6.44. The number of benzene rings is 1. The second kappa shape index (κ2) is 14.9. The molecule has 2 unspecified atom stereocenters. The van der Waals surface area contributed by atoms with Crippen molar-refractivity contribution in [1.82, 2.24) is 20.4 Å². The van der Waals surface area contributed by atoms with Crippen molar-refractivity contribution < 1.29 is 0 Å². The quantitative estimate of drug-likeness (QED) is 0.345. The lowest BCUT2D eigenvalue weighted by Gasteiger charge is -2.34. The molecule has 32 heavy (non-hydrogen) atoms. The van der Waals surface area contributed by atoms with Gasteiger partial charge in [0.05, 0.1) is 0 Å². The molecule has 1 aromatic carbocycles. The predicted molar refractivity (Wildman–Crippen MR) is 138 cm³/mol. The van der Waals surface area contributed by atoms with Crippen LogP contribution in [0.1, 0.15) is 25.3 Å². The molecule has 1 saturated heterocycles. The van der Waals surface area contributed by atoms with Crippen LogP contribution in [0.3, 0.4) is 0 Å². The van der Waals surface area contributed by atoms with E-state index in [0.29, 0.717) is 18.4 Å². The fourth-order valence-corrected chi connectivity index (χ4v) is 4.18. The molecule has 5 heteroatoms. The minimum Gasteiger partial charge on any atom is -0.388 e. The zero-order valence-corrected chi connectivity index (χ0v) is 20.2. The molecule has 1 heterocycles. The molecule has 4 N–H and O–H groups in total. The maximum Gasteiger partial charge on any atom is 0.0271 e. The number of nitrogens with zero attached hydrogens (tertiary/aromatic N) is 2. The third-order valence-electron chi connectivity index (χ3n) is 6.44. The summed E-state index contributed by atoms with van der Waals surface area (Å²) in [6.45, 7) is 23.8. The minimum absolute atomic E-state index is 0.351. The van der Waals surface area contributed by atoms with Crippen molar-refractivity contribution in [3.63, 3.8) is 0 Å². The van der Waals surface area contributed by atoms with E-state index in [1.54, 1.807) is 0 Å². The van der Waals surface area contributed by atoms with Crippen LogP contribution in [-0.4, -0.2) is 68.7 Å². The van der Waals surface area contributed by atoms with Crippen LogP contribution in [0.2, 0.25) is 0 Å². The Morgan fingerprint density at radius 2 is 1.75 bits per heavy atom. The number of nitrogens with two attached hydrogens (primary N) is 1. The van der Waals surface area contributed by atoms with Gasteiger partial charge in [-0.1, -0.05) is 56.5 Å². The maximum absolute atomic E-state index is 5.79. The van der Waals surface area contributed by atoms with E-state index < -0.39 is 0 Å². The Labute approximate surface area is 196 Å². The summed E-state index contributed by atoms with van der Waals surface area (Å²) < 4.78 is 0. The number of piperazine rings is 1. The highest BCUT2D eigenvalue weighted by atomic mass is 15.3. The average Bonchev–Trinajstić information content (AvgIpc) is 2.80. The Bertz CT molecular complexity index is 679. The molecule has 0 bridgehead atoms. The van der Waals surface area contributed by atoms with Gasteiger partial charge in [0, 0.05) is 69.7 Å². The Morgan fingerprint density at radius 1 is 1.06 bits per heavy atom. The van der Waals surface area contributed by atoms with E-state index in [9.17, 15) is 0 Å². The lowest BCUT2D eigenvalue weighted by molar-refractivity contribution is 0.143. The first-order chi connectivity index (χ1) is 15.5. The van der Waals surface area contributed by atoms with Gasteiger partial charge in [-0.05, 0) is 37.3 Å². The van der Waals surface area contributed by atoms with E-state index in [0.717, 1.165) is 83.0 Å². The van der Waals surface area contributed by atoms with Gasteiger partial charge in [0.25, 0.3) is 0 Å². The fraction of sp³-hybridized carbons (Fsp3) is 0.556. The smallest absolute Gasteiger partial charge is 0.0271 e. The van der Waals surface area contributed by atoms with E-state index >= 15 is 0 Å². The Balaban J connectivity index is 1.73. The lowest BCUT2D eigenvalue weighted by atomic mass is 9.96. The summed E-state index contributed by atoms with van der Waals surface area (Å²) in [5.41, 5.74) is 9.34. The van der Waals surface area contributed by atoms with Gasteiger partial charge in [-0.3, -0.25) is 9.80 Å². The highest BCUT2D eigenvalue weighted by molar-refractivity contribution is 5.17. The van der Waals surface area contributed by atoms with E-state index in [4.69, 9.17) is 5.73 Å². The van der Waals surface area contributed by atoms with Crippen LogP contribution >= 0.6 is 0 Å². The van der Waals surface area contributed by atoms with Crippen molar-refractivity contribution in [2.45, 2.75) is 26.2 Å². The summed E-state index contributed by atoms with van der Waals surface area (Å²) in [6.07, 6.45) is 5.04. The highest BCUT2D eigenvalue weighted by Gasteiger charge is 2.17. The Kier molecular flexibility index (Phi) is 12.2. The van der Waals surface area contributed by atoms with E-state index in [1.165, 1.54) is 5.56 Å². The van der Waals surface area contributed by atoms with Crippen LogP contribution < -0.4 is 16.4 Å². The molecule has 0 radical (unpaired) electrons. The molecule has 2 rings (SSSR count). The zero-order chi connectivity index (χ0) is 23.2. The van der Waals surface area contributed by atoms with E-state index in [2.05, 4.69) is 77.4 Å². The van der Waals surface area contributed by atoms with Gasteiger partial charge in [0.15, 0.2) is 0 Å². The van der Waals surface area contributed by atoms with Crippen LogP contribution in [0.25, 0.3) is 0 Å². The van der Waals surface area contributed by atoms with Crippen molar-refractivity contribution >= 4 is 0 Å². The number of allylic oxidation sites excluding steroid dienone is 1. The van der Waals surface area contributed by atoms with Gasteiger partial charge in [-0.25, -0.2) is 0 Å². The number of hydrogen-bond donors (Lipinski definition) is 3. The summed E-state index contributed by atoms with van der Waals surface area (Å²) in [5.74, 6) is 0.734. The first kappa shape index (κ1) is 26.2. The summed E-state index contributed by atoms with van der Waals surface area (Å²) in [6, 6.07) is 10.6. The molecule has 0 aliphatic carbocycles. The first-order valence-electron chi connectivity index (χ1n) is 12.2. The molecule has 178 valence electrons. The van der Waals surface area contributed by atoms with Crippen molar-refractivity contribution in [2.75, 3.05) is 58.9 Å². The molecule has 0 spiro atoms. The SMILES string of the molecule is C=CCN1CCN(CCNC(=C)C(CCCN)CNC(=C)C(C)Cc2ccccc2)CC1. The fourth-order valence-electron chi connectivity index (χ4n) is 4.18. The molecule has 1 aliphatic heterocycles. The summed E-state index contributed by atoms with van der Waals surface area (Å²) in [4.78, 5) is 4.98. The van der Waals surface area contributed by atoms with Crippen molar-refractivity contribution in [1.29, 1.82) is 0 Å². The molecule has 5 nitrogen and oxygen atoms in total. The van der Waals surface area contributed by atoms with Gasteiger partial charge < -0.3 is 16.4 Å².